The number of hydrogen-bond donors (Lipinski definition) is 0. The number of aromatic nitrogens is 2. The maximum absolute atomic E-state index is 12.4. The van der Waals surface area contributed by atoms with E-state index in [1.54, 1.807) is 4.68 Å². The van der Waals surface area contributed by atoms with Crippen molar-refractivity contribution in [2.45, 2.75) is 27.2 Å². The van der Waals surface area contributed by atoms with Gasteiger partial charge in [0.1, 0.15) is 0 Å². The number of carbonyl (C=O) groups excluding carboxylic acids is 1. The van der Waals surface area contributed by atoms with E-state index in [1.165, 1.54) is 0 Å². The average Bonchev–Trinajstić information content (AvgIpc) is 2.56. The Bertz CT molecular complexity index is 597. The second-order valence-corrected chi connectivity index (χ2v) is 4.70. The summed E-state index contributed by atoms with van der Waals surface area (Å²) < 4.78 is 1.76. The minimum atomic E-state index is 0.146. The summed E-state index contributed by atoms with van der Waals surface area (Å²) in [6, 6.07) is 8.00. The molecule has 0 spiro atoms. The van der Waals surface area contributed by atoms with E-state index in [1.807, 2.05) is 52.1 Å². The van der Waals surface area contributed by atoms with E-state index in [0.29, 0.717) is 6.42 Å². The van der Waals surface area contributed by atoms with Crippen molar-refractivity contribution >= 4 is 5.78 Å². The summed E-state index contributed by atoms with van der Waals surface area (Å²) in [5, 5.41) is 4.29. The summed E-state index contributed by atoms with van der Waals surface area (Å²) in [6.45, 7) is 5.86. The zero-order valence-corrected chi connectivity index (χ0v) is 11.3. The normalized spacial score (nSPS) is 10.7. The first-order valence-corrected chi connectivity index (χ1v) is 6.08. The Balaban J connectivity index is 2.31. The molecule has 0 aliphatic heterocycles. The standard InChI is InChI=1S/C15H18N2O/c1-10-7-5-6-8-13(10)9-14(18)15-11(2)16-17(4)12(15)3/h5-8H,9H2,1-4H3. The summed E-state index contributed by atoms with van der Waals surface area (Å²) in [5.74, 6) is 0.146. The van der Waals surface area contributed by atoms with E-state index < -0.39 is 0 Å². The third-order valence-corrected chi connectivity index (χ3v) is 3.40. The van der Waals surface area contributed by atoms with Gasteiger partial charge < -0.3 is 0 Å². The van der Waals surface area contributed by atoms with Crippen molar-refractivity contribution in [3.05, 3.63) is 52.3 Å². The number of nitrogens with zero attached hydrogens (tertiary/aromatic N) is 2. The zero-order chi connectivity index (χ0) is 13.3. The molecule has 94 valence electrons. The molecule has 0 aliphatic carbocycles. The number of Topliss-reactive ketones (excluding diaryl/α,β-unsaturated/α-hetero) is 1. The monoisotopic (exact) mass is 242 g/mol. The zero-order valence-electron chi connectivity index (χ0n) is 11.3. The number of benzene rings is 1. The molecule has 1 aromatic carbocycles. The van der Waals surface area contributed by atoms with Crippen molar-refractivity contribution < 1.29 is 4.79 Å². The van der Waals surface area contributed by atoms with Crippen LogP contribution in [0.1, 0.15) is 32.9 Å². The number of carbonyl (C=O) groups is 1. The fourth-order valence-corrected chi connectivity index (χ4v) is 2.25. The summed E-state index contributed by atoms with van der Waals surface area (Å²) in [4.78, 5) is 12.4. The molecule has 2 rings (SSSR count). The van der Waals surface area contributed by atoms with Crippen molar-refractivity contribution in [3.63, 3.8) is 0 Å². The topological polar surface area (TPSA) is 34.9 Å². The van der Waals surface area contributed by atoms with E-state index in [4.69, 9.17) is 0 Å². The number of hydrogen-bond acceptors (Lipinski definition) is 2. The van der Waals surface area contributed by atoms with E-state index in [9.17, 15) is 4.79 Å². The molecule has 3 heteroatoms. The Morgan fingerprint density at radius 1 is 1.22 bits per heavy atom. The largest absolute Gasteiger partial charge is 0.294 e. The molecule has 0 fully saturated rings. The molecular weight excluding hydrogens is 224 g/mol. The van der Waals surface area contributed by atoms with Crippen LogP contribution in [0.15, 0.2) is 24.3 Å². The van der Waals surface area contributed by atoms with Crippen molar-refractivity contribution in [3.8, 4) is 0 Å². The highest BCUT2D eigenvalue weighted by atomic mass is 16.1. The summed E-state index contributed by atoms with van der Waals surface area (Å²) >= 11 is 0. The molecule has 3 nitrogen and oxygen atoms in total. The molecule has 0 saturated heterocycles. The Kier molecular flexibility index (Phi) is 3.32. The van der Waals surface area contributed by atoms with Gasteiger partial charge in [-0.2, -0.15) is 5.10 Å². The van der Waals surface area contributed by atoms with Crippen molar-refractivity contribution in [1.82, 2.24) is 9.78 Å². The van der Waals surface area contributed by atoms with Gasteiger partial charge in [-0.3, -0.25) is 9.48 Å². The molecule has 0 aliphatic rings. The maximum atomic E-state index is 12.4. The van der Waals surface area contributed by atoms with Crippen LogP contribution in [-0.4, -0.2) is 15.6 Å². The molecule has 0 N–H and O–H groups in total. The van der Waals surface area contributed by atoms with Gasteiger partial charge >= 0.3 is 0 Å². The lowest BCUT2D eigenvalue weighted by Gasteiger charge is -2.05. The predicted molar refractivity (Wildman–Crippen MR) is 71.9 cm³/mol. The van der Waals surface area contributed by atoms with Gasteiger partial charge in [-0.05, 0) is 31.9 Å². The van der Waals surface area contributed by atoms with Gasteiger partial charge in [0, 0.05) is 19.2 Å². The molecule has 0 unspecified atom stereocenters. The summed E-state index contributed by atoms with van der Waals surface area (Å²) in [7, 11) is 1.87. The molecule has 0 radical (unpaired) electrons. The Labute approximate surface area is 107 Å². The second-order valence-electron chi connectivity index (χ2n) is 4.70. The third-order valence-electron chi connectivity index (χ3n) is 3.40. The first-order valence-electron chi connectivity index (χ1n) is 6.08. The van der Waals surface area contributed by atoms with Crippen LogP contribution in [0.3, 0.4) is 0 Å². The van der Waals surface area contributed by atoms with Crippen LogP contribution in [0.5, 0.6) is 0 Å². The van der Waals surface area contributed by atoms with Gasteiger partial charge in [-0.25, -0.2) is 0 Å². The van der Waals surface area contributed by atoms with Crippen molar-refractivity contribution in [2.24, 2.45) is 7.05 Å². The molecular formula is C15H18N2O. The lowest BCUT2D eigenvalue weighted by molar-refractivity contribution is 0.0991. The minimum Gasteiger partial charge on any atom is -0.294 e. The fraction of sp³-hybridized carbons (Fsp3) is 0.333. The summed E-state index contributed by atoms with van der Waals surface area (Å²) in [5.41, 5.74) is 4.76. The lowest BCUT2D eigenvalue weighted by atomic mass is 9.98. The first kappa shape index (κ1) is 12.6. The second kappa shape index (κ2) is 4.77. The average molecular weight is 242 g/mol. The van der Waals surface area contributed by atoms with Crippen molar-refractivity contribution in [1.29, 1.82) is 0 Å². The Morgan fingerprint density at radius 3 is 2.44 bits per heavy atom. The highest BCUT2D eigenvalue weighted by Gasteiger charge is 2.17. The van der Waals surface area contributed by atoms with Crippen LogP contribution in [0, 0.1) is 20.8 Å². The third kappa shape index (κ3) is 2.21. The molecule has 2 aromatic rings. The fourth-order valence-electron chi connectivity index (χ4n) is 2.25. The predicted octanol–water partition coefficient (Wildman–Crippen LogP) is 2.77. The van der Waals surface area contributed by atoms with Gasteiger partial charge in [0.2, 0.25) is 0 Å². The van der Waals surface area contributed by atoms with Gasteiger partial charge in [0.15, 0.2) is 5.78 Å². The van der Waals surface area contributed by atoms with Gasteiger partial charge in [0.25, 0.3) is 0 Å². The van der Waals surface area contributed by atoms with E-state index in [0.717, 1.165) is 28.1 Å². The number of ketones is 1. The van der Waals surface area contributed by atoms with Gasteiger partial charge in [-0.1, -0.05) is 24.3 Å². The van der Waals surface area contributed by atoms with E-state index in [-0.39, 0.29) is 5.78 Å². The maximum Gasteiger partial charge on any atom is 0.170 e. The van der Waals surface area contributed by atoms with Gasteiger partial charge in [-0.15, -0.1) is 0 Å². The van der Waals surface area contributed by atoms with Crippen LogP contribution in [0.4, 0.5) is 0 Å². The molecule has 1 heterocycles. The van der Waals surface area contributed by atoms with Crippen LogP contribution < -0.4 is 0 Å². The van der Waals surface area contributed by atoms with Crippen LogP contribution in [-0.2, 0) is 13.5 Å². The van der Waals surface area contributed by atoms with Crippen LogP contribution >= 0.6 is 0 Å². The quantitative estimate of drug-likeness (QED) is 0.776. The number of rotatable bonds is 3. The van der Waals surface area contributed by atoms with Crippen LogP contribution in [0.2, 0.25) is 0 Å². The Hall–Kier alpha value is -1.90. The number of aryl methyl sites for hydroxylation is 3. The Morgan fingerprint density at radius 2 is 1.89 bits per heavy atom. The van der Waals surface area contributed by atoms with E-state index in [2.05, 4.69) is 5.10 Å². The molecule has 1 aromatic heterocycles. The minimum absolute atomic E-state index is 0.146. The van der Waals surface area contributed by atoms with Crippen LogP contribution in [0.25, 0.3) is 0 Å². The first-order chi connectivity index (χ1) is 8.50. The molecule has 0 atom stereocenters. The molecule has 0 amide bonds. The highest BCUT2D eigenvalue weighted by molar-refractivity contribution is 5.99. The molecule has 0 saturated carbocycles. The van der Waals surface area contributed by atoms with E-state index >= 15 is 0 Å². The summed E-state index contributed by atoms with van der Waals surface area (Å²) in [6.07, 6.45) is 0.444. The molecule has 18 heavy (non-hydrogen) atoms. The van der Waals surface area contributed by atoms with Crippen molar-refractivity contribution in [2.75, 3.05) is 0 Å². The smallest absolute Gasteiger partial charge is 0.170 e. The van der Waals surface area contributed by atoms with Gasteiger partial charge in [0.05, 0.1) is 11.3 Å². The molecule has 0 bridgehead atoms. The highest BCUT2D eigenvalue weighted by Crippen LogP contribution is 2.17. The lowest BCUT2D eigenvalue weighted by Crippen LogP contribution is -2.07. The SMILES string of the molecule is Cc1ccccc1CC(=O)c1c(C)nn(C)c1C.